The highest BCUT2D eigenvalue weighted by Gasteiger charge is 2.42. The zero-order chi connectivity index (χ0) is 28.8. The number of aromatic nitrogens is 2. The Morgan fingerprint density at radius 2 is 1.55 bits per heavy atom. The maximum absolute atomic E-state index is 6.10. The average Bonchev–Trinajstić information content (AvgIpc) is 3.69. The molecule has 210 valence electrons. The minimum absolute atomic E-state index is 0.134. The van der Waals surface area contributed by atoms with Crippen molar-refractivity contribution in [3.05, 3.63) is 125 Å². The highest BCUT2D eigenvalue weighted by molar-refractivity contribution is 7.80. The molecule has 0 saturated carbocycles. The number of hydrogen-bond donors (Lipinski definition) is 1. The summed E-state index contributed by atoms with van der Waals surface area (Å²) in [5.74, 6) is 3.09. The second-order valence-electron chi connectivity index (χ2n) is 10.6. The molecule has 4 heterocycles. The standard InChI is InChI=1S/C34H30N4O3S/c1-21-7-12-26(13-8-21)41-27-14-9-24(10-15-27)38-33(32(36-34(38)42)29-6-4-5-17-35-29)28-18-22(2)37(23(28)3)25-11-16-30-31(19-25)40-20-39-30/h4-19,32-33H,20H2,1-3H3,(H,36,42)/t32-,33+/m1/s1. The molecule has 5 aromatic rings. The van der Waals surface area contributed by atoms with Gasteiger partial charge in [0, 0.05) is 35.0 Å². The number of thiocarbonyl (C=S) groups is 1. The van der Waals surface area contributed by atoms with Crippen LogP contribution in [0.3, 0.4) is 0 Å². The minimum atomic E-state index is -0.145. The third-order valence-electron chi connectivity index (χ3n) is 7.87. The van der Waals surface area contributed by atoms with E-state index in [1.807, 2.05) is 72.9 Å². The van der Waals surface area contributed by atoms with Crippen molar-refractivity contribution >= 4 is 23.0 Å². The summed E-state index contributed by atoms with van der Waals surface area (Å²) in [6.45, 7) is 6.58. The molecular formula is C34H30N4O3S. The molecule has 2 aliphatic heterocycles. The van der Waals surface area contributed by atoms with Crippen LogP contribution in [-0.4, -0.2) is 21.5 Å². The zero-order valence-corrected chi connectivity index (χ0v) is 24.4. The summed E-state index contributed by atoms with van der Waals surface area (Å²) in [6.07, 6.45) is 1.83. The lowest BCUT2D eigenvalue weighted by Crippen LogP contribution is -2.29. The van der Waals surface area contributed by atoms with Gasteiger partial charge in [-0.15, -0.1) is 0 Å². The lowest BCUT2D eigenvalue weighted by Gasteiger charge is -2.28. The molecule has 8 heteroatoms. The largest absolute Gasteiger partial charge is 0.457 e. The van der Waals surface area contributed by atoms with Gasteiger partial charge in [-0.05, 0) is 105 Å². The van der Waals surface area contributed by atoms with Gasteiger partial charge >= 0.3 is 0 Å². The highest BCUT2D eigenvalue weighted by atomic mass is 32.1. The van der Waals surface area contributed by atoms with Gasteiger partial charge in [0.05, 0.1) is 17.8 Å². The van der Waals surface area contributed by atoms with Gasteiger partial charge in [-0.2, -0.15) is 0 Å². The summed E-state index contributed by atoms with van der Waals surface area (Å²) in [5, 5.41) is 4.22. The monoisotopic (exact) mass is 574 g/mol. The van der Waals surface area contributed by atoms with E-state index in [1.54, 1.807) is 0 Å². The Morgan fingerprint density at radius 1 is 0.833 bits per heavy atom. The molecule has 2 aliphatic rings. The number of pyridine rings is 1. The first kappa shape index (κ1) is 26.1. The average molecular weight is 575 g/mol. The van der Waals surface area contributed by atoms with E-state index in [2.05, 4.69) is 59.8 Å². The molecule has 1 N–H and O–H groups in total. The number of anilines is 1. The molecule has 0 spiro atoms. The number of nitrogens with one attached hydrogen (secondary N) is 1. The number of fused-ring (bicyclic) bond motifs is 1. The van der Waals surface area contributed by atoms with E-state index in [4.69, 9.17) is 31.4 Å². The molecule has 7 nitrogen and oxygen atoms in total. The van der Waals surface area contributed by atoms with Crippen LogP contribution in [0.4, 0.5) is 5.69 Å². The number of benzene rings is 3. The molecule has 0 unspecified atom stereocenters. The van der Waals surface area contributed by atoms with Crippen molar-refractivity contribution in [2.45, 2.75) is 32.9 Å². The van der Waals surface area contributed by atoms with Gasteiger partial charge in [-0.3, -0.25) is 4.98 Å². The molecule has 2 atom stereocenters. The molecule has 0 aliphatic carbocycles. The third kappa shape index (κ3) is 4.63. The molecule has 7 rings (SSSR count). The highest BCUT2D eigenvalue weighted by Crippen LogP contribution is 2.44. The summed E-state index contributed by atoms with van der Waals surface area (Å²) in [5.41, 5.74) is 7.51. The molecule has 1 fully saturated rings. The predicted octanol–water partition coefficient (Wildman–Crippen LogP) is 7.50. The fourth-order valence-electron chi connectivity index (χ4n) is 5.87. The van der Waals surface area contributed by atoms with Crippen molar-refractivity contribution in [1.82, 2.24) is 14.9 Å². The number of ether oxygens (including phenoxy) is 3. The van der Waals surface area contributed by atoms with E-state index in [0.717, 1.165) is 57.0 Å². The molecular weight excluding hydrogens is 544 g/mol. The topological polar surface area (TPSA) is 60.8 Å². The summed E-state index contributed by atoms with van der Waals surface area (Å²) >= 11 is 5.98. The van der Waals surface area contributed by atoms with E-state index >= 15 is 0 Å². The number of aryl methyl sites for hydroxylation is 2. The van der Waals surface area contributed by atoms with Crippen molar-refractivity contribution in [1.29, 1.82) is 0 Å². The Hall–Kier alpha value is -4.82. The summed E-state index contributed by atoms with van der Waals surface area (Å²) in [7, 11) is 0. The SMILES string of the molecule is Cc1ccc(Oc2ccc(N3C(=S)N[C@H](c4ccccn4)[C@@H]3c3cc(C)n(-c4ccc5c(c4)OCO5)c3C)cc2)cc1. The van der Waals surface area contributed by atoms with E-state index in [1.165, 1.54) is 5.56 Å². The van der Waals surface area contributed by atoms with Crippen LogP contribution in [0.5, 0.6) is 23.0 Å². The van der Waals surface area contributed by atoms with Gasteiger partial charge in [0.1, 0.15) is 11.5 Å². The Bertz CT molecular complexity index is 1770. The van der Waals surface area contributed by atoms with Crippen molar-refractivity contribution in [2.75, 3.05) is 11.7 Å². The van der Waals surface area contributed by atoms with Crippen LogP contribution in [0, 0.1) is 20.8 Å². The van der Waals surface area contributed by atoms with Gasteiger partial charge in [0.2, 0.25) is 6.79 Å². The van der Waals surface area contributed by atoms with E-state index < -0.39 is 0 Å². The maximum Gasteiger partial charge on any atom is 0.231 e. The van der Waals surface area contributed by atoms with Crippen LogP contribution in [0.2, 0.25) is 0 Å². The Morgan fingerprint density at radius 3 is 2.29 bits per heavy atom. The van der Waals surface area contributed by atoms with E-state index in [9.17, 15) is 0 Å². The van der Waals surface area contributed by atoms with Crippen LogP contribution in [0.15, 0.2) is 97.2 Å². The van der Waals surface area contributed by atoms with Crippen LogP contribution in [0.25, 0.3) is 5.69 Å². The Kier molecular flexibility index (Phi) is 6.55. The Balaban J connectivity index is 1.28. The zero-order valence-electron chi connectivity index (χ0n) is 23.6. The first-order valence-corrected chi connectivity index (χ1v) is 14.3. The van der Waals surface area contributed by atoms with Gasteiger partial charge in [-0.1, -0.05) is 23.8 Å². The molecule has 0 amide bonds. The van der Waals surface area contributed by atoms with Gasteiger partial charge in [-0.25, -0.2) is 0 Å². The fraction of sp³-hybridized carbons (Fsp3) is 0.176. The first-order valence-electron chi connectivity index (χ1n) is 13.9. The lowest BCUT2D eigenvalue weighted by molar-refractivity contribution is 0.174. The van der Waals surface area contributed by atoms with Gasteiger partial charge in [0.25, 0.3) is 0 Å². The molecule has 0 radical (unpaired) electrons. The first-order chi connectivity index (χ1) is 20.5. The molecule has 0 bridgehead atoms. The predicted molar refractivity (Wildman–Crippen MR) is 167 cm³/mol. The van der Waals surface area contributed by atoms with Crippen LogP contribution >= 0.6 is 12.2 Å². The number of rotatable bonds is 6. The van der Waals surface area contributed by atoms with Crippen molar-refractivity contribution in [3.8, 4) is 28.7 Å². The van der Waals surface area contributed by atoms with Crippen molar-refractivity contribution in [2.24, 2.45) is 0 Å². The van der Waals surface area contributed by atoms with Crippen molar-refractivity contribution in [3.63, 3.8) is 0 Å². The maximum atomic E-state index is 6.10. The second-order valence-corrected chi connectivity index (χ2v) is 11.0. The molecule has 3 aromatic carbocycles. The fourth-order valence-corrected chi connectivity index (χ4v) is 6.22. The molecule has 2 aromatic heterocycles. The van der Waals surface area contributed by atoms with Crippen LogP contribution in [0.1, 0.15) is 40.3 Å². The van der Waals surface area contributed by atoms with Crippen LogP contribution in [-0.2, 0) is 0 Å². The number of nitrogens with zero attached hydrogens (tertiary/aromatic N) is 3. The Labute approximate surface area is 250 Å². The van der Waals surface area contributed by atoms with Crippen LogP contribution < -0.4 is 24.4 Å². The third-order valence-corrected chi connectivity index (χ3v) is 8.19. The van der Waals surface area contributed by atoms with E-state index in [0.29, 0.717) is 5.11 Å². The minimum Gasteiger partial charge on any atom is -0.457 e. The molecule has 42 heavy (non-hydrogen) atoms. The summed E-state index contributed by atoms with van der Waals surface area (Å²) in [4.78, 5) is 6.91. The lowest BCUT2D eigenvalue weighted by atomic mass is 9.96. The van der Waals surface area contributed by atoms with Gasteiger partial charge in [0.15, 0.2) is 16.6 Å². The second kappa shape index (κ2) is 10.5. The molecule has 1 saturated heterocycles. The number of hydrogen-bond acceptors (Lipinski definition) is 5. The quantitative estimate of drug-likeness (QED) is 0.211. The summed E-state index contributed by atoms with van der Waals surface area (Å²) in [6, 6.07) is 30.2. The summed E-state index contributed by atoms with van der Waals surface area (Å²) < 4.78 is 19.6. The van der Waals surface area contributed by atoms with Crippen molar-refractivity contribution < 1.29 is 14.2 Å². The van der Waals surface area contributed by atoms with Gasteiger partial charge < -0.3 is 29.0 Å². The normalized spacial score (nSPS) is 17.4. The smallest absolute Gasteiger partial charge is 0.231 e. The van der Waals surface area contributed by atoms with E-state index in [-0.39, 0.29) is 18.9 Å².